The number of ether oxygens (including phenoxy) is 1. The third-order valence-corrected chi connectivity index (χ3v) is 4.03. The quantitative estimate of drug-likeness (QED) is 0.799. The monoisotopic (exact) mass is 315 g/mol. The van der Waals surface area contributed by atoms with Crippen molar-refractivity contribution >= 4 is 33.3 Å². The number of aromatic nitrogens is 2. The van der Waals surface area contributed by atoms with E-state index in [2.05, 4.69) is 9.97 Å². The summed E-state index contributed by atoms with van der Waals surface area (Å²) >= 11 is 1.51. The summed E-state index contributed by atoms with van der Waals surface area (Å²) in [5.41, 5.74) is 3.86. The SMILES string of the molecule is CC(C)Oc1ccc(N(C)C(=O)c2cc3scnc3[nH]2)cc1. The third kappa shape index (κ3) is 2.82. The molecule has 0 saturated heterocycles. The van der Waals surface area contributed by atoms with Crippen molar-refractivity contribution in [1.82, 2.24) is 9.97 Å². The molecular weight excluding hydrogens is 298 g/mol. The fourth-order valence-corrected chi connectivity index (χ4v) is 2.85. The number of nitrogens with one attached hydrogen (secondary N) is 1. The molecule has 2 aromatic heterocycles. The van der Waals surface area contributed by atoms with E-state index in [-0.39, 0.29) is 12.0 Å². The van der Waals surface area contributed by atoms with Crippen LogP contribution in [0.3, 0.4) is 0 Å². The minimum atomic E-state index is -0.0947. The van der Waals surface area contributed by atoms with Crippen LogP contribution in [-0.2, 0) is 0 Å². The number of H-pyrrole nitrogens is 1. The van der Waals surface area contributed by atoms with Crippen LogP contribution < -0.4 is 9.64 Å². The Hall–Kier alpha value is -2.34. The van der Waals surface area contributed by atoms with E-state index in [1.165, 1.54) is 11.3 Å². The van der Waals surface area contributed by atoms with Gasteiger partial charge in [0.2, 0.25) is 0 Å². The van der Waals surface area contributed by atoms with Crippen molar-refractivity contribution in [3.05, 3.63) is 41.5 Å². The number of fused-ring (bicyclic) bond motifs is 1. The second-order valence-corrected chi connectivity index (χ2v) is 6.16. The predicted molar refractivity (Wildman–Crippen MR) is 88.9 cm³/mol. The van der Waals surface area contributed by atoms with Gasteiger partial charge in [-0.3, -0.25) is 4.79 Å². The molecule has 22 heavy (non-hydrogen) atoms. The molecule has 0 aliphatic heterocycles. The standard InChI is InChI=1S/C16H17N3O2S/c1-10(2)21-12-6-4-11(5-7-12)19(3)16(20)13-8-14-15(18-13)17-9-22-14/h4-10,18H,1-3H3. The molecular formula is C16H17N3O2S. The average Bonchev–Trinajstić information content (AvgIpc) is 3.07. The highest BCUT2D eigenvalue weighted by molar-refractivity contribution is 7.16. The third-order valence-electron chi connectivity index (χ3n) is 3.25. The van der Waals surface area contributed by atoms with Gasteiger partial charge >= 0.3 is 0 Å². The fourth-order valence-electron chi connectivity index (χ4n) is 2.18. The molecule has 114 valence electrons. The normalized spacial score (nSPS) is 11.1. The summed E-state index contributed by atoms with van der Waals surface area (Å²) < 4.78 is 6.59. The first-order chi connectivity index (χ1) is 10.5. The molecule has 0 radical (unpaired) electrons. The van der Waals surface area contributed by atoms with Crippen LogP contribution in [0, 0.1) is 0 Å². The van der Waals surface area contributed by atoms with Crippen molar-refractivity contribution in [2.45, 2.75) is 20.0 Å². The molecule has 0 saturated carbocycles. The first-order valence-corrected chi connectivity index (χ1v) is 7.89. The molecule has 0 spiro atoms. The highest BCUT2D eigenvalue weighted by Gasteiger charge is 2.16. The Kier molecular flexibility index (Phi) is 3.85. The Morgan fingerprint density at radius 2 is 2.05 bits per heavy atom. The number of carbonyl (C=O) groups excluding carboxylic acids is 1. The van der Waals surface area contributed by atoms with Crippen LogP contribution in [-0.4, -0.2) is 29.0 Å². The Morgan fingerprint density at radius 1 is 1.32 bits per heavy atom. The van der Waals surface area contributed by atoms with Gasteiger partial charge in [-0.15, -0.1) is 11.3 Å². The molecule has 0 unspecified atom stereocenters. The van der Waals surface area contributed by atoms with E-state index < -0.39 is 0 Å². The maximum Gasteiger partial charge on any atom is 0.274 e. The molecule has 0 aliphatic rings. The zero-order valence-electron chi connectivity index (χ0n) is 12.7. The Bertz CT molecular complexity index is 761. The lowest BCUT2D eigenvalue weighted by molar-refractivity contribution is 0.0989. The number of benzene rings is 1. The topological polar surface area (TPSA) is 58.2 Å². The van der Waals surface area contributed by atoms with Gasteiger partial charge < -0.3 is 14.6 Å². The summed E-state index contributed by atoms with van der Waals surface area (Å²) in [5, 5.41) is 0. The molecule has 6 heteroatoms. The molecule has 1 aromatic carbocycles. The van der Waals surface area contributed by atoms with Crippen LogP contribution >= 0.6 is 11.3 Å². The summed E-state index contributed by atoms with van der Waals surface area (Å²) in [7, 11) is 1.75. The van der Waals surface area contributed by atoms with Crippen molar-refractivity contribution in [2.75, 3.05) is 11.9 Å². The van der Waals surface area contributed by atoms with E-state index >= 15 is 0 Å². The first-order valence-electron chi connectivity index (χ1n) is 7.01. The first kappa shape index (κ1) is 14.6. The van der Waals surface area contributed by atoms with Crippen molar-refractivity contribution in [3.8, 4) is 5.75 Å². The van der Waals surface area contributed by atoms with Crippen molar-refractivity contribution in [2.24, 2.45) is 0 Å². The average molecular weight is 315 g/mol. The number of hydrogen-bond acceptors (Lipinski definition) is 4. The van der Waals surface area contributed by atoms with Crippen LogP contribution in [0.5, 0.6) is 5.75 Å². The number of rotatable bonds is 4. The zero-order valence-corrected chi connectivity index (χ0v) is 13.5. The molecule has 1 N–H and O–H groups in total. The van der Waals surface area contributed by atoms with Crippen LogP contribution in [0.2, 0.25) is 0 Å². The van der Waals surface area contributed by atoms with Gasteiger partial charge in [0.15, 0.2) is 0 Å². The minimum absolute atomic E-state index is 0.0947. The number of nitrogens with zero attached hydrogens (tertiary/aromatic N) is 2. The minimum Gasteiger partial charge on any atom is -0.491 e. The highest BCUT2D eigenvalue weighted by Crippen LogP contribution is 2.23. The summed E-state index contributed by atoms with van der Waals surface area (Å²) in [5.74, 6) is 0.701. The fraction of sp³-hybridized carbons (Fsp3) is 0.250. The molecule has 0 atom stereocenters. The van der Waals surface area contributed by atoms with Gasteiger partial charge in [0.25, 0.3) is 5.91 Å². The maximum atomic E-state index is 12.5. The van der Waals surface area contributed by atoms with E-state index in [9.17, 15) is 4.79 Å². The molecule has 5 nitrogen and oxygen atoms in total. The van der Waals surface area contributed by atoms with Crippen molar-refractivity contribution in [3.63, 3.8) is 0 Å². The van der Waals surface area contributed by atoms with E-state index in [0.717, 1.165) is 21.8 Å². The summed E-state index contributed by atoms with van der Waals surface area (Å²) in [6.45, 7) is 3.96. The van der Waals surface area contributed by atoms with Gasteiger partial charge in [0, 0.05) is 12.7 Å². The summed E-state index contributed by atoms with van der Waals surface area (Å²) in [6.07, 6.45) is 0.129. The van der Waals surface area contributed by atoms with Crippen LogP contribution in [0.4, 0.5) is 5.69 Å². The van der Waals surface area contributed by atoms with Gasteiger partial charge in [0.05, 0.1) is 16.3 Å². The number of aromatic amines is 1. The van der Waals surface area contributed by atoms with Gasteiger partial charge in [-0.2, -0.15) is 0 Å². The smallest absolute Gasteiger partial charge is 0.274 e. The second kappa shape index (κ2) is 5.81. The van der Waals surface area contributed by atoms with E-state index in [1.54, 1.807) is 17.5 Å². The maximum absolute atomic E-state index is 12.5. The molecule has 3 rings (SSSR count). The Labute approximate surface area is 132 Å². The summed E-state index contributed by atoms with van der Waals surface area (Å²) in [4.78, 5) is 21.3. The second-order valence-electron chi connectivity index (χ2n) is 5.27. The Morgan fingerprint density at radius 3 is 2.68 bits per heavy atom. The molecule has 1 amide bonds. The predicted octanol–water partition coefficient (Wildman–Crippen LogP) is 3.69. The largest absolute Gasteiger partial charge is 0.491 e. The van der Waals surface area contributed by atoms with Gasteiger partial charge in [0.1, 0.15) is 17.1 Å². The highest BCUT2D eigenvalue weighted by atomic mass is 32.1. The van der Waals surface area contributed by atoms with Crippen molar-refractivity contribution in [1.29, 1.82) is 0 Å². The van der Waals surface area contributed by atoms with Gasteiger partial charge in [-0.05, 0) is 44.2 Å². The molecule has 3 aromatic rings. The van der Waals surface area contributed by atoms with E-state index in [1.807, 2.05) is 44.2 Å². The van der Waals surface area contributed by atoms with Gasteiger partial charge in [-0.25, -0.2) is 4.98 Å². The lowest BCUT2D eigenvalue weighted by Gasteiger charge is -2.17. The van der Waals surface area contributed by atoms with E-state index in [4.69, 9.17) is 4.74 Å². The lowest BCUT2D eigenvalue weighted by atomic mass is 10.2. The summed E-state index contributed by atoms with van der Waals surface area (Å²) in [6, 6.07) is 9.32. The number of carbonyl (C=O) groups is 1. The Balaban J connectivity index is 1.78. The van der Waals surface area contributed by atoms with Crippen LogP contribution in [0.25, 0.3) is 10.3 Å². The number of anilines is 1. The van der Waals surface area contributed by atoms with Crippen LogP contribution in [0.1, 0.15) is 24.3 Å². The molecule has 0 bridgehead atoms. The molecule has 0 fully saturated rings. The lowest BCUT2D eigenvalue weighted by Crippen LogP contribution is -2.26. The zero-order chi connectivity index (χ0) is 15.7. The number of amides is 1. The van der Waals surface area contributed by atoms with Crippen molar-refractivity contribution < 1.29 is 9.53 Å². The van der Waals surface area contributed by atoms with E-state index in [0.29, 0.717) is 5.69 Å². The van der Waals surface area contributed by atoms with Crippen LogP contribution in [0.15, 0.2) is 35.8 Å². The molecule has 2 heterocycles. The van der Waals surface area contributed by atoms with Gasteiger partial charge in [-0.1, -0.05) is 0 Å². The number of thiazole rings is 1. The molecule has 0 aliphatic carbocycles. The number of hydrogen-bond donors (Lipinski definition) is 1.